The van der Waals surface area contributed by atoms with Gasteiger partial charge in [0.25, 0.3) is 0 Å². The van der Waals surface area contributed by atoms with E-state index in [2.05, 4.69) is 6.58 Å². The van der Waals surface area contributed by atoms with Gasteiger partial charge in [-0.15, -0.1) is 6.58 Å². The average Bonchev–Trinajstić information content (AvgIpc) is 1.88. The fraction of sp³-hybridized carbons (Fsp3) is 0.667. The maximum atomic E-state index is 11.0. The van der Waals surface area contributed by atoms with Gasteiger partial charge in [0, 0.05) is 5.41 Å². The van der Waals surface area contributed by atoms with Crippen LogP contribution in [0.4, 0.5) is 0 Å². The SMILES string of the molecule is C=CC[C@@H](O)C(C)(C)C(C)=O. The second kappa shape index (κ2) is 3.67. The largest absolute Gasteiger partial charge is 0.392 e. The second-order valence-electron chi connectivity index (χ2n) is 3.32. The first-order valence-corrected chi connectivity index (χ1v) is 3.73. The molecule has 0 saturated carbocycles. The van der Waals surface area contributed by atoms with E-state index in [9.17, 15) is 9.90 Å². The molecule has 64 valence electrons. The van der Waals surface area contributed by atoms with Crippen molar-refractivity contribution >= 4 is 5.78 Å². The van der Waals surface area contributed by atoms with E-state index < -0.39 is 11.5 Å². The lowest BCUT2D eigenvalue weighted by molar-refractivity contribution is -0.130. The number of carbonyl (C=O) groups excluding carboxylic acids is 1. The minimum atomic E-state index is -0.645. The Morgan fingerprint density at radius 2 is 2.18 bits per heavy atom. The van der Waals surface area contributed by atoms with Crippen molar-refractivity contribution in [2.75, 3.05) is 0 Å². The van der Waals surface area contributed by atoms with Gasteiger partial charge in [-0.2, -0.15) is 0 Å². The summed E-state index contributed by atoms with van der Waals surface area (Å²) in [5.41, 5.74) is -0.645. The van der Waals surface area contributed by atoms with Gasteiger partial charge in [-0.1, -0.05) is 19.9 Å². The van der Waals surface area contributed by atoms with Crippen LogP contribution in [-0.4, -0.2) is 17.0 Å². The smallest absolute Gasteiger partial charge is 0.138 e. The highest BCUT2D eigenvalue weighted by Crippen LogP contribution is 2.23. The summed E-state index contributed by atoms with van der Waals surface area (Å²) in [5.74, 6) is 0.00634. The summed E-state index contributed by atoms with van der Waals surface area (Å²) in [6.45, 7) is 8.47. The highest BCUT2D eigenvalue weighted by Gasteiger charge is 2.31. The summed E-state index contributed by atoms with van der Waals surface area (Å²) in [6, 6.07) is 0. The molecule has 0 amide bonds. The Morgan fingerprint density at radius 1 is 1.73 bits per heavy atom. The monoisotopic (exact) mass is 156 g/mol. The van der Waals surface area contributed by atoms with Gasteiger partial charge in [0.05, 0.1) is 6.10 Å². The van der Waals surface area contributed by atoms with Crippen LogP contribution in [0, 0.1) is 5.41 Å². The molecule has 2 heteroatoms. The third-order valence-electron chi connectivity index (χ3n) is 2.13. The minimum Gasteiger partial charge on any atom is -0.392 e. The van der Waals surface area contributed by atoms with E-state index in [4.69, 9.17) is 0 Å². The zero-order valence-corrected chi connectivity index (χ0v) is 7.42. The first-order chi connectivity index (χ1) is 4.92. The molecule has 0 unspecified atom stereocenters. The van der Waals surface area contributed by atoms with Crippen LogP contribution in [0.5, 0.6) is 0 Å². The van der Waals surface area contributed by atoms with Gasteiger partial charge >= 0.3 is 0 Å². The Kier molecular flexibility index (Phi) is 3.46. The molecular weight excluding hydrogens is 140 g/mol. The molecule has 0 aliphatic heterocycles. The van der Waals surface area contributed by atoms with Gasteiger partial charge < -0.3 is 5.11 Å². The molecule has 0 radical (unpaired) electrons. The molecule has 1 N–H and O–H groups in total. The quantitative estimate of drug-likeness (QED) is 0.627. The van der Waals surface area contributed by atoms with Crippen LogP contribution in [-0.2, 0) is 4.79 Å². The molecule has 0 aliphatic carbocycles. The third kappa shape index (κ3) is 2.46. The molecule has 0 aliphatic rings. The van der Waals surface area contributed by atoms with Gasteiger partial charge in [0.2, 0.25) is 0 Å². The Balaban J connectivity index is 4.28. The fourth-order valence-electron chi connectivity index (χ4n) is 0.687. The molecule has 0 rings (SSSR count). The van der Waals surface area contributed by atoms with Crippen molar-refractivity contribution in [2.24, 2.45) is 5.41 Å². The van der Waals surface area contributed by atoms with Crippen molar-refractivity contribution < 1.29 is 9.90 Å². The summed E-state index contributed by atoms with van der Waals surface area (Å²) in [7, 11) is 0. The summed E-state index contributed by atoms with van der Waals surface area (Å²) in [4.78, 5) is 11.0. The Morgan fingerprint density at radius 3 is 2.45 bits per heavy atom. The van der Waals surface area contributed by atoms with Gasteiger partial charge in [0.15, 0.2) is 0 Å². The Hall–Kier alpha value is -0.630. The molecule has 0 aromatic rings. The molecule has 2 nitrogen and oxygen atoms in total. The van der Waals surface area contributed by atoms with E-state index in [-0.39, 0.29) is 5.78 Å². The zero-order valence-electron chi connectivity index (χ0n) is 7.42. The van der Waals surface area contributed by atoms with Crippen molar-refractivity contribution in [1.29, 1.82) is 0 Å². The lowest BCUT2D eigenvalue weighted by Gasteiger charge is -2.26. The van der Waals surface area contributed by atoms with Crippen molar-refractivity contribution in [2.45, 2.75) is 33.3 Å². The van der Waals surface area contributed by atoms with Crippen LogP contribution in [0.3, 0.4) is 0 Å². The third-order valence-corrected chi connectivity index (χ3v) is 2.13. The molecular formula is C9H16O2. The zero-order chi connectivity index (χ0) is 9.07. The number of aliphatic hydroxyl groups excluding tert-OH is 1. The van der Waals surface area contributed by atoms with Crippen LogP contribution >= 0.6 is 0 Å². The maximum Gasteiger partial charge on any atom is 0.138 e. The number of aliphatic hydroxyl groups is 1. The van der Waals surface area contributed by atoms with E-state index in [0.29, 0.717) is 6.42 Å². The number of ketones is 1. The second-order valence-corrected chi connectivity index (χ2v) is 3.32. The molecule has 0 aromatic carbocycles. The number of hydrogen-bond acceptors (Lipinski definition) is 2. The molecule has 1 atom stereocenters. The van der Waals surface area contributed by atoms with Gasteiger partial charge in [-0.25, -0.2) is 0 Å². The van der Waals surface area contributed by atoms with E-state index in [1.807, 2.05) is 0 Å². The van der Waals surface area contributed by atoms with Crippen LogP contribution < -0.4 is 0 Å². The van der Waals surface area contributed by atoms with Gasteiger partial charge in [-0.05, 0) is 13.3 Å². The average molecular weight is 156 g/mol. The Bertz CT molecular complexity index is 159. The normalized spacial score (nSPS) is 14.2. The highest BCUT2D eigenvalue weighted by molar-refractivity contribution is 5.82. The van der Waals surface area contributed by atoms with Crippen LogP contribution in [0.2, 0.25) is 0 Å². The number of rotatable bonds is 4. The maximum absolute atomic E-state index is 11.0. The van der Waals surface area contributed by atoms with Crippen molar-refractivity contribution in [3.8, 4) is 0 Å². The Labute approximate surface area is 67.9 Å². The molecule has 0 aromatic heterocycles. The number of Topliss-reactive ketones (excluding diaryl/α,β-unsaturated/α-hetero) is 1. The van der Waals surface area contributed by atoms with Crippen molar-refractivity contribution in [1.82, 2.24) is 0 Å². The first-order valence-electron chi connectivity index (χ1n) is 3.73. The first kappa shape index (κ1) is 10.4. The van der Waals surface area contributed by atoms with E-state index in [0.717, 1.165) is 0 Å². The van der Waals surface area contributed by atoms with Crippen molar-refractivity contribution in [3.05, 3.63) is 12.7 Å². The lowest BCUT2D eigenvalue weighted by atomic mass is 9.81. The summed E-state index contributed by atoms with van der Waals surface area (Å²) in [6.07, 6.45) is 1.47. The van der Waals surface area contributed by atoms with E-state index in [1.54, 1.807) is 19.9 Å². The molecule has 0 saturated heterocycles. The van der Waals surface area contributed by atoms with Crippen LogP contribution in [0.15, 0.2) is 12.7 Å². The minimum absolute atomic E-state index is 0.00634. The van der Waals surface area contributed by atoms with Crippen molar-refractivity contribution in [3.63, 3.8) is 0 Å². The topological polar surface area (TPSA) is 37.3 Å². The molecule has 0 fully saturated rings. The summed E-state index contributed by atoms with van der Waals surface area (Å²) >= 11 is 0. The predicted molar refractivity (Wildman–Crippen MR) is 45.3 cm³/mol. The number of hydrogen-bond donors (Lipinski definition) is 1. The van der Waals surface area contributed by atoms with E-state index >= 15 is 0 Å². The van der Waals surface area contributed by atoms with Gasteiger partial charge in [-0.3, -0.25) is 4.79 Å². The summed E-state index contributed by atoms with van der Waals surface area (Å²) in [5, 5.41) is 9.46. The molecule has 11 heavy (non-hydrogen) atoms. The predicted octanol–water partition coefficient (Wildman–Crippen LogP) is 1.54. The molecule has 0 spiro atoms. The van der Waals surface area contributed by atoms with E-state index in [1.165, 1.54) is 6.92 Å². The standard InChI is InChI=1S/C9H16O2/c1-5-6-8(11)9(3,4)7(2)10/h5,8,11H,1,6H2,2-4H3/t8-/m1/s1. The van der Waals surface area contributed by atoms with Crippen LogP contribution in [0.25, 0.3) is 0 Å². The molecule has 0 bridgehead atoms. The van der Waals surface area contributed by atoms with Crippen LogP contribution in [0.1, 0.15) is 27.2 Å². The van der Waals surface area contributed by atoms with Gasteiger partial charge in [0.1, 0.15) is 5.78 Å². The lowest BCUT2D eigenvalue weighted by Crippen LogP contribution is -2.35. The highest BCUT2D eigenvalue weighted by atomic mass is 16.3. The fourth-order valence-corrected chi connectivity index (χ4v) is 0.687. The number of carbonyl (C=O) groups is 1. The summed E-state index contributed by atoms with van der Waals surface area (Å²) < 4.78 is 0. The molecule has 0 heterocycles.